The second kappa shape index (κ2) is 6.28. The van der Waals surface area contributed by atoms with Gasteiger partial charge in [-0.1, -0.05) is 20.8 Å². The number of nitrogens with zero attached hydrogens (tertiary/aromatic N) is 1. The number of furan rings is 1. The highest BCUT2D eigenvalue weighted by molar-refractivity contribution is 7.89. The van der Waals surface area contributed by atoms with Crippen LogP contribution in [0.2, 0.25) is 0 Å². The van der Waals surface area contributed by atoms with Gasteiger partial charge >= 0.3 is 0 Å². The van der Waals surface area contributed by atoms with E-state index in [1.54, 1.807) is 16.4 Å². The monoisotopic (exact) mass is 300 g/mol. The molecule has 114 valence electrons. The van der Waals surface area contributed by atoms with Crippen LogP contribution in [0.1, 0.15) is 45.8 Å². The molecule has 0 bridgehead atoms. The zero-order valence-electron chi connectivity index (χ0n) is 12.4. The van der Waals surface area contributed by atoms with E-state index in [2.05, 4.69) is 5.32 Å². The lowest BCUT2D eigenvalue weighted by atomic mass is 10.2. The molecular weight excluding hydrogens is 276 g/mol. The Morgan fingerprint density at radius 1 is 1.45 bits per heavy atom. The van der Waals surface area contributed by atoms with E-state index in [0.29, 0.717) is 24.9 Å². The van der Waals surface area contributed by atoms with Crippen LogP contribution in [-0.2, 0) is 16.6 Å². The number of hydrogen-bond acceptors (Lipinski definition) is 4. The maximum Gasteiger partial charge on any atom is 0.276 e. The van der Waals surface area contributed by atoms with Crippen molar-refractivity contribution in [3.63, 3.8) is 0 Å². The molecule has 20 heavy (non-hydrogen) atoms. The van der Waals surface area contributed by atoms with E-state index in [9.17, 15) is 8.42 Å². The topological polar surface area (TPSA) is 62.6 Å². The van der Waals surface area contributed by atoms with Crippen LogP contribution in [0.4, 0.5) is 0 Å². The smallest absolute Gasteiger partial charge is 0.276 e. The third kappa shape index (κ3) is 3.24. The molecule has 0 saturated carbocycles. The molecule has 0 amide bonds. The minimum absolute atomic E-state index is 0.0680. The standard InChI is InChI=1S/C14H24N2O3S/c1-4-12-6-5-9-16(12)20(17,18)14-8-7-13(19-14)10-15-11(2)3/h7-8,11-12,15H,4-6,9-10H2,1-3H3. The normalized spacial score (nSPS) is 20.9. The van der Waals surface area contributed by atoms with E-state index < -0.39 is 10.0 Å². The minimum Gasteiger partial charge on any atom is -0.447 e. The lowest BCUT2D eigenvalue weighted by Crippen LogP contribution is -2.34. The predicted octanol–water partition coefficient (Wildman–Crippen LogP) is 2.34. The summed E-state index contributed by atoms with van der Waals surface area (Å²) < 4.78 is 32.2. The van der Waals surface area contributed by atoms with Gasteiger partial charge in [0.15, 0.2) is 0 Å². The van der Waals surface area contributed by atoms with Gasteiger partial charge in [0.25, 0.3) is 10.0 Å². The molecule has 1 fully saturated rings. The van der Waals surface area contributed by atoms with Crippen molar-refractivity contribution in [2.45, 2.75) is 63.8 Å². The molecule has 1 aliphatic rings. The number of nitrogens with one attached hydrogen (secondary N) is 1. The van der Waals surface area contributed by atoms with Crippen LogP contribution >= 0.6 is 0 Å². The van der Waals surface area contributed by atoms with Gasteiger partial charge in [-0.25, -0.2) is 8.42 Å². The fourth-order valence-electron chi connectivity index (χ4n) is 2.55. The lowest BCUT2D eigenvalue weighted by Gasteiger charge is -2.21. The molecule has 5 nitrogen and oxygen atoms in total. The fraction of sp³-hybridized carbons (Fsp3) is 0.714. The molecule has 2 rings (SSSR count). The van der Waals surface area contributed by atoms with Gasteiger partial charge in [-0.15, -0.1) is 0 Å². The zero-order chi connectivity index (χ0) is 14.8. The van der Waals surface area contributed by atoms with Crippen molar-refractivity contribution in [1.82, 2.24) is 9.62 Å². The van der Waals surface area contributed by atoms with Gasteiger partial charge in [0.2, 0.25) is 5.09 Å². The van der Waals surface area contributed by atoms with Crippen molar-refractivity contribution in [2.75, 3.05) is 6.54 Å². The molecular formula is C14H24N2O3S. The van der Waals surface area contributed by atoms with E-state index in [1.807, 2.05) is 20.8 Å². The summed E-state index contributed by atoms with van der Waals surface area (Å²) >= 11 is 0. The predicted molar refractivity (Wildman–Crippen MR) is 77.9 cm³/mol. The fourth-order valence-corrected chi connectivity index (χ4v) is 4.25. The van der Waals surface area contributed by atoms with Crippen molar-refractivity contribution < 1.29 is 12.8 Å². The van der Waals surface area contributed by atoms with E-state index in [-0.39, 0.29) is 11.1 Å². The Balaban J connectivity index is 2.13. The highest BCUT2D eigenvalue weighted by Crippen LogP contribution is 2.28. The SMILES string of the molecule is CCC1CCCN1S(=O)(=O)c1ccc(CNC(C)C)o1. The number of rotatable bonds is 6. The molecule has 0 spiro atoms. The molecule has 2 heterocycles. The van der Waals surface area contributed by atoms with Crippen LogP contribution in [0.3, 0.4) is 0 Å². The van der Waals surface area contributed by atoms with E-state index in [4.69, 9.17) is 4.42 Å². The first-order chi connectivity index (χ1) is 9.45. The molecule has 1 N–H and O–H groups in total. The first-order valence-corrected chi connectivity index (χ1v) is 8.73. The summed E-state index contributed by atoms with van der Waals surface area (Å²) in [5.41, 5.74) is 0. The summed E-state index contributed by atoms with van der Waals surface area (Å²) in [4.78, 5) is 0. The average molecular weight is 300 g/mol. The summed E-state index contributed by atoms with van der Waals surface area (Å²) in [5, 5.41) is 3.28. The quantitative estimate of drug-likeness (QED) is 0.876. The van der Waals surface area contributed by atoms with Gasteiger partial charge in [0.1, 0.15) is 5.76 Å². The van der Waals surface area contributed by atoms with Crippen LogP contribution in [0.15, 0.2) is 21.6 Å². The van der Waals surface area contributed by atoms with Crippen molar-refractivity contribution in [2.24, 2.45) is 0 Å². The average Bonchev–Trinajstić information content (AvgIpc) is 3.05. The van der Waals surface area contributed by atoms with Crippen LogP contribution in [0, 0.1) is 0 Å². The Bertz CT molecular complexity index is 536. The molecule has 6 heteroatoms. The molecule has 1 atom stereocenters. The zero-order valence-corrected chi connectivity index (χ0v) is 13.2. The minimum atomic E-state index is -3.48. The largest absolute Gasteiger partial charge is 0.447 e. The van der Waals surface area contributed by atoms with Gasteiger partial charge in [-0.3, -0.25) is 0 Å². The first-order valence-electron chi connectivity index (χ1n) is 7.29. The highest BCUT2D eigenvalue weighted by atomic mass is 32.2. The third-order valence-corrected chi connectivity index (χ3v) is 5.50. The van der Waals surface area contributed by atoms with E-state index in [0.717, 1.165) is 19.3 Å². The van der Waals surface area contributed by atoms with Crippen LogP contribution < -0.4 is 5.32 Å². The Morgan fingerprint density at radius 2 is 2.20 bits per heavy atom. The van der Waals surface area contributed by atoms with E-state index in [1.165, 1.54) is 0 Å². The van der Waals surface area contributed by atoms with Crippen molar-refractivity contribution >= 4 is 10.0 Å². The number of hydrogen-bond donors (Lipinski definition) is 1. The van der Waals surface area contributed by atoms with Gasteiger partial charge in [0, 0.05) is 18.6 Å². The second-order valence-corrected chi connectivity index (χ2v) is 7.40. The molecule has 0 aliphatic carbocycles. The van der Waals surface area contributed by atoms with Crippen molar-refractivity contribution in [3.8, 4) is 0 Å². The highest BCUT2D eigenvalue weighted by Gasteiger charge is 2.36. The van der Waals surface area contributed by atoms with Gasteiger partial charge < -0.3 is 9.73 Å². The molecule has 0 radical (unpaired) electrons. The van der Waals surface area contributed by atoms with Crippen molar-refractivity contribution in [1.29, 1.82) is 0 Å². The summed E-state index contributed by atoms with van der Waals surface area (Å²) in [6, 6.07) is 3.75. The molecule has 1 saturated heterocycles. The first kappa shape index (κ1) is 15.5. The molecule has 1 aromatic heterocycles. The lowest BCUT2D eigenvalue weighted by molar-refractivity contribution is 0.345. The molecule has 0 aromatic carbocycles. The maximum atomic E-state index is 12.6. The second-order valence-electron chi connectivity index (χ2n) is 5.58. The summed E-state index contributed by atoms with van der Waals surface area (Å²) in [5.74, 6) is 0.657. The maximum absolute atomic E-state index is 12.6. The van der Waals surface area contributed by atoms with E-state index >= 15 is 0 Å². The molecule has 1 aliphatic heterocycles. The Labute approximate surface area is 121 Å². The van der Waals surface area contributed by atoms with Crippen LogP contribution in [-0.4, -0.2) is 31.4 Å². The summed E-state index contributed by atoms with van der Waals surface area (Å²) in [6.45, 7) is 7.25. The van der Waals surface area contributed by atoms with Crippen molar-refractivity contribution in [3.05, 3.63) is 17.9 Å². The molecule has 1 unspecified atom stereocenters. The number of sulfonamides is 1. The third-order valence-electron chi connectivity index (χ3n) is 3.68. The Morgan fingerprint density at radius 3 is 2.85 bits per heavy atom. The van der Waals surface area contributed by atoms with Gasteiger partial charge in [-0.2, -0.15) is 4.31 Å². The summed E-state index contributed by atoms with van der Waals surface area (Å²) in [7, 11) is -3.48. The van der Waals surface area contributed by atoms with Gasteiger partial charge in [-0.05, 0) is 31.4 Å². The molecule has 1 aromatic rings. The Kier molecular flexibility index (Phi) is 4.88. The Hall–Kier alpha value is -0.850. The summed E-state index contributed by atoms with van der Waals surface area (Å²) in [6.07, 6.45) is 2.72. The van der Waals surface area contributed by atoms with Crippen LogP contribution in [0.25, 0.3) is 0 Å². The van der Waals surface area contributed by atoms with Crippen LogP contribution in [0.5, 0.6) is 0 Å². The van der Waals surface area contributed by atoms with Gasteiger partial charge in [0.05, 0.1) is 6.54 Å².